The maximum absolute atomic E-state index is 6.59. The Morgan fingerprint density at radius 1 is 0.944 bits per heavy atom. The van der Waals surface area contributed by atoms with Crippen LogP contribution in [-0.4, -0.2) is 21.7 Å². The van der Waals surface area contributed by atoms with Crippen LogP contribution < -0.4 is 0 Å². The van der Waals surface area contributed by atoms with Gasteiger partial charge in [0, 0.05) is 12.1 Å². The number of benzene rings is 1. The quantitative estimate of drug-likeness (QED) is 0.652. The Morgan fingerprint density at radius 2 is 1.72 bits per heavy atom. The van der Waals surface area contributed by atoms with Crippen LogP contribution in [0.15, 0.2) is 48.7 Å². The van der Waals surface area contributed by atoms with Crippen molar-refractivity contribution >= 4 is 23.2 Å². The molecule has 2 bridgehead atoms. The van der Waals surface area contributed by atoms with Gasteiger partial charge >= 0.3 is 0 Å². The first-order valence-electron chi connectivity index (χ1n) is 6.28. The number of piperidine rings is 1. The van der Waals surface area contributed by atoms with E-state index >= 15 is 0 Å². The van der Waals surface area contributed by atoms with Crippen LogP contribution in [-0.2, 0) is 0 Å². The third-order valence-corrected chi connectivity index (χ3v) is 5.52. The van der Waals surface area contributed by atoms with Gasteiger partial charge in [0.15, 0.2) is 0 Å². The summed E-state index contributed by atoms with van der Waals surface area (Å²) in [6.45, 7) is 0. The number of hydrogen-bond acceptors (Lipinski definition) is 1. The van der Waals surface area contributed by atoms with Crippen LogP contribution >= 0.6 is 23.2 Å². The fraction of sp³-hybridized carbons (Fsp3) is 0.333. The largest absolute Gasteiger partial charge is 0.362 e. The van der Waals surface area contributed by atoms with E-state index < -0.39 is 0 Å². The lowest BCUT2D eigenvalue weighted by Crippen LogP contribution is -2.57. The van der Waals surface area contributed by atoms with Crippen LogP contribution in [0.5, 0.6) is 0 Å². The summed E-state index contributed by atoms with van der Waals surface area (Å²) in [6, 6.07) is 9.13. The molecule has 0 N–H and O–H groups in total. The van der Waals surface area contributed by atoms with Crippen molar-refractivity contribution in [1.29, 1.82) is 0 Å². The lowest BCUT2D eigenvalue weighted by atomic mass is 9.69. The van der Waals surface area contributed by atoms with Crippen molar-refractivity contribution in [3.8, 4) is 0 Å². The topological polar surface area (TPSA) is 3.24 Å². The molecule has 92 valence electrons. The van der Waals surface area contributed by atoms with Gasteiger partial charge in [0.1, 0.15) is 0 Å². The average molecular weight is 278 g/mol. The van der Waals surface area contributed by atoms with Gasteiger partial charge in [0.2, 0.25) is 0 Å². The van der Waals surface area contributed by atoms with Crippen LogP contribution in [0.2, 0.25) is 0 Å². The molecule has 1 nitrogen and oxygen atoms in total. The second kappa shape index (κ2) is 3.79. The van der Waals surface area contributed by atoms with Gasteiger partial charge in [-0.15, -0.1) is 23.2 Å². The second-order valence-corrected chi connectivity index (χ2v) is 6.16. The Hall–Kier alpha value is -0.920. The van der Waals surface area contributed by atoms with E-state index in [2.05, 4.69) is 53.6 Å². The molecule has 0 aromatic heterocycles. The molecule has 0 radical (unpaired) electrons. The van der Waals surface area contributed by atoms with Crippen LogP contribution in [0, 0.1) is 0 Å². The second-order valence-electron chi connectivity index (χ2n) is 5.15. The van der Waals surface area contributed by atoms with Crippen molar-refractivity contribution < 1.29 is 0 Å². The van der Waals surface area contributed by atoms with Crippen LogP contribution in [0.1, 0.15) is 23.1 Å². The SMILES string of the molecule is ClC1C(Cl)C2c3ccccc3C1C1C=CC=CN12. The Morgan fingerprint density at radius 3 is 2.56 bits per heavy atom. The van der Waals surface area contributed by atoms with Gasteiger partial charge < -0.3 is 4.90 Å². The summed E-state index contributed by atoms with van der Waals surface area (Å²) in [5.74, 6) is 0.288. The van der Waals surface area contributed by atoms with E-state index in [-0.39, 0.29) is 22.7 Å². The van der Waals surface area contributed by atoms with Crippen LogP contribution in [0.4, 0.5) is 0 Å². The maximum Gasteiger partial charge on any atom is 0.0751 e. The standard InChI is InChI=1S/C15H13Cl2N/c16-13-12-9-5-1-2-6-10(9)15(14(13)17)18-8-4-3-7-11(12)18/h1-8,11-15H. The Bertz CT molecular complexity index is 502. The molecule has 5 rings (SSSR count). The van der Waals surface area contributed by atoms with Crippen molar-refractivity contribution in [2.45, 2.75) is 28.8 Å². The minimum Gasteiger partial charge on any atom is -0.362 e. The van der Waals surface area contributed by atoms with Gasteiger partial charge in [-0.3, -0.25) is 0 Å². The molecule has 0 spiro atoms. The fourth-order valence-electron chi connectivity index (χ4n) is 3.61. The summed E-state index contributed by atoms with van der Waals surface area (Å²) in [6.07, 6.45) is 8.58. The van der Waals surface area contributed by atoms with Gasteiger partial charge in [0.25, 0.3) is 0 Å². The number of allylic oxidation sites excluding steroid dienone is 2. The first-order chi connectivity index (χ1) is 8.79. The van der Waals surface area contributed by atoms with E-state index in [0.29, 0.717) is 6.04 Å². The molecule has 0 amide bonds. The first-order valence-corrected chi connectivity index (χ1v) is 7.16. The molecule has 1 fully saturated rings. The predicted octanol–water partition coefficient (Wildman–Crippen LogP) is 3.81. The summed E-state index contributed by atoms with van der Waals surface area (Å²) >= 11 is 13.2. The highest BCUT2D eigenvalue weighted by atomic mass is 35.5. The molecule has 1 saturated heterocycles. The van der Waals surface area contributed by atoms with E-state index in [1.807, 2.05) is 0 Å². The first kappa shape index (κ1) is 11.0. The highest BCUT2D eigenvalue weighted by Crippen LogP contribution is 2.54. The monoisotopic (exact) mass is 277 g/mol. The van der Waals surface area contributed by atoms with Crippen LogP contribution in [0.25, 0.3) is 0 Å². The Labute approximate surface area is 117 Å². The molecular formula is C15H13Cl2N. The number of rotatable bonds is 0. The molecule has 5 atom stereocenters. The van der Waals surface area contributed by atoms with Crippen molar-refractivity contribution in [3.05, 3.63) is 59.8 Å². The normalized spacial score (nSPS) is 39.7. The van der Waals surface area contributed by atoms with E-state index in [1.54, 1.807) is 0 Å². The molecule has 0 saturated carbocycles. The Balaban J connectivity index is 1.95. The van der Waals surface area contributed by atoms with Crippen molar-refractivity contribution in [1.82, 2.24) is 4.90 Å². The molecular weight excluding hydrogens is 265 g/mol. The minimum absolute atomic E-state index is 0.00367. The molecule has 1 aliphatic carbocycles. The van der Waals surface area contributed by atoms with Gasteiger partial charge in [0.05, 0.1) is 22.8 Å². The summed E-state index contributed by atoms with van der Waals surface area (Å²) in [5.41, 5.74) is 2.72. The lowest BCUT2D eigenvalue weighted by Gasteiger charge is -2.56. The number of hydrogen-bond donors (Lipinski definition) is 0. The Kier molecular flexibility index (Phi) is 2.30. The minimum atomic E-state index is -0.0287. The van der Waals surface area contributed by atoms with Gasteiger partial charge in [-0.1, -0.05) is 36.4 Å². The highest BCUT2D eigenvalue weighted by molar-refractivity contribution is 6.31. The van der Waals surface area contributed by atoms with Gasteiger partial charge in [-0.05, 0) is 17.2 Å². The van der Waals surface area contributed by atoms with E-state index in [4.69, 9.17) is 23.2 Å². The third-order valence-electron chi connectivity index (χ3n) is 4.33. The molecule has 1 aromatic carbocycles. The number of fused-ring (bicyclic) bond motifs is 1. The summed E-state index contributed by atoms with van der Waals surface area (Å²) in [4.78, 5) is 2.36. The van der Waals surface area contributed by atoms with Gasteiger partial charge in [-0.25, -0.2) is 0 Å². The molecule has 3 aliphatic heterocycles. The van der Waals surface area contributed by atoms with E-state index in [9.17, 15) is 0 Å². The molecule has 4 aliphatic rings. The number of alkyl halides is 2. The van der Waals surface area contributed by atoms with Gasteiger partial charge in [-0.2, -0.15) is 0 Å². The fourth-order valence-corrected chi connectivity index (χ4v) is 4.45. The molecule has 5 unspecified atom stereocenters. The van der Waals surface area contributed by atoms with Crippen molar-refractivity contribution in [3.63, 3.8) is 0 Å². The predicted molar refractivity (Wildman–Crippen MR) is 75.1 cm³/mol. The molecule has 1 aromatic rings. The number of halogens is 2. The maximum atomic E-state index is 6.59. The third kappa shape index (κ3) is 1.24. The molecule has 3 heterocycles. The molecule has 3 heteroatoms. The number of nitrogens with zero attached hydrogens (tertiary/aromatic N) is 1. The molecule has 18 heavy (non-hydrogen) atoms. The smallest absolute Gasteiger partial charge is 0.0751 e. The van der Waals surface area contributed by atoms with Crippen molar-refractivity contribution in [2.75, 3.05) is 0 Å². The summed E-state index contributed by atoms with van der Waals surface area (Å²) < 4.78 is 0. The van der Waals surface area contributed by atoms with Crippen molar-refractivity contribution in [2.24, 2.45) is 0 Å². The van der Waals surface area contributed by atoms with E-state index in [0.717, 1.165) is 0 Å². The highest BCUT2D eigenvalue weighted by Gasteiger charge is 2.53. The summed E-state index contributed by atoms with van der Waals surface area (Å²) in [7, 11) is 0. The van der Waals surface area contributed by atoms with Crippen LogP contribution in [0.3, 0.4) is 0 Å². The van der Waals surface area contributed by atoms with E-state index in [1.165, 1.54) is 11.1 Å². The lowest BCUT2D eigenvalue weighted by molar-refractivity contribution is 0.131. The zero-order valence-corrected chi connectivity index (χ0v) is 11.2. The zero-order chi connectivity index (χ0) is 12.3. The average Bonchev–Trinajstić information content (AvgIpc) is 2.42. The zero-order valence-electron chi connectivity index (χ0n) is 9.71. The summed E-state index contributed by atoms with van der Waals surface area (Å²) in [5, 5.41) is -0.0251.